The van der Waals surface area contributed by atoms with E-state index in [1.807, 2.05) is 0 Å². The lowest BCUT2D eigenvalue weighted by atomic mass is 10.0. The van der Waals surface area contributed by atoms with Crippen LogP contribution in [0.2, 0.25) is 0 Å². The van der Waals surface area contributed by atoms with Gasteiger partial charge in [0.15, 0.2) is 0 Å². The van der Waals surface area contributed by atoms with Crippen LogP contribution in [0.5, 0.6) is 5.75 Å². The van der Waals surface area contributed by atoms with E-state index >= 15 is 0 Å². The van der Waals surface area contributed by atoms with Crippen LogP contribution in [0.25, 0.3) is 0 Å². The third-order valence-electron chi connectivity index (χ3n) is 2.66. The van der Waals surface area contributed by atoms with Crippen molar-refractivity contribution in [1.29, 1.82) is 0 Å². The minimum atomic E-state index is 0.707. The Balaban J connectivity index is 2.23. The van der Waals surface area contributed by atoms with Crippen LogP contribution in [0.1, 0.15) is 24.0 Å². The first-order valence-electron chi connectivity index (χ1n) is 5.35. The average Bonchev–Trinajstić information content (AvgIpc) is 2.42. The van der Waals surface area contributed by atoms with Crippen LogP contribution in [0.4, 0.5) is 0 Å². The van der Waals surface area contributed by atoms with Crippen molar-refractivity contribution in [3.63, 3.8) is 0 Å². The van der Waals surface area contributed by atoms with Crippen LogP contribution < -0.4 is 10.5 Å². The second-order valence-corrected chi connectivity index (χ2v) is 3.79. The topological polar surface area (TPSA) is 35.2 Å². The lowest BCUT2D eigenvalue weighted by molar-refractivity contribution is 0.316. The summed E-state index contributed by atoms with van der Waals surface area (Å²) in [4.78, 5) is 0. The van der Waals surface area contributed by atoms with E-state index in [0.717, 1.165) is 25.2 Å². The molecule has 1 aliphatic rings. The van der Waals surface area contributed by atoms with Gasteiger partial charge < -0.3 is 10.5 Å². The molecule has 0 amide bonds. The van der Waals surface area contributed by atoms with Crippen molar-refractivity contribution in [2.75, 3.05) is 13.2 Å². The quantitative estimate of drug-likeness (QED) is 0.775. The van der Waals surface area contributed by atoms with Crippen molar-refractivity contribution in [2.45, 2.75) is 25.7 Å². The third-order valence-corrected chi connectivity index (χ3v) is 2.66. The van der Waals surface area contributed by atoms with E-state index in [4.69, 9.17) is 10.5 Å². The Hall–Kier alpha value is -1.02. The van der Waals surface area contributed by atoms with Crippen molar-refractivity contribution in [3.05, 3.63) is 29.3 Å². The van der Waals surface area contributed by atoms with Gasteiger partial charge in [-0.2, -0.15) is 0 Å². The maximum absolute atomic E-state index is 5.69. The fourth-order valence-electron chi connectivity index (χ4n) is 1.86. The van der Waals surface area contributed by atoms with Crippen molar-refractivity contribution < 1.29 is 4.74 Å². The van der Waals surface area contributed by atoms with Crippen molar-refractivity contribution >= 4 is 0 Å². The highest BCUT2D eigenvalue weighted by Crippen LogP contribution is 2.25. The molecular weight excluding hydrogens is 174 g/mol. The minimum Gasteiger partial charge on any atom is -0.493 e. The first-order chi connectivity index (χ1) is 6.90. The van der Waals surface area contributed by atoms with E-state index < -0.39 is 0 Å². The molecule has 0 aromatic heterocycles. The smallest absolute Gasteiger partial charge is 0.122 e. The molecule has 2 nitrogen and oxygen atoms in total. The summed E-state index contributed by atoms with van der Waals surface area (Å²) >= 11 is 0. The molecule has 1 aromatic carbocycles. The number of benzene rings is 1. The van der Waals surface area contributed by atoms with Crippen LogP contribution in [-0.4, -0.2) is 13.2 Å². The Morgan fingerprint density at radius 3 is 3.07 bits per heavy atom. The molecule has 2 heteroatoms. The maximum atomic E-state index is 5.69. The van der Waals surface area contributed by atoms with E-state index in [1.165, 1.54) is 24.0 Å². The molecule has 0 saturated heterocycles. The summed E-state index contributed by atoms with van der Waals surface area (Å²) in [5.74, 6) is 1.08. The first kappa shape index (κ1) is 9.53. The molecule has 0 aliphatic carbocycles. The van der Waals surface area contributed by atoms with Crippen molar-refractivity contribution in [3.8, 4) is 5.75 Å². The van der Waals surface area contributed by atoms with Crippen molar-refractivity contribution in [1.82, 2.24) is 0 Å². The zero-order valence-electron chi connectivity index (χ0n) is 8.46. The molecule has 1 heterocycles. The Morgan fingerprint density at radius 1 is 1.29 bits per heavy atom. The predicted octanol–water partition coefficient (Wildman–Crippen LogP) is 1.90. The fourth-order valence-corrected chi connectivity index (χ4v) is 1.86. The summed E-state index contributed by atoms with van der Waals surface area (Å²) in [5.41, 5.74) is 8.16. The summed E-state index contributed by atoms with van der Waals surface area (Å²) in [6.45, 7) is 1.57. The van der Waals surface area contributed by atoms with Gasteiger partial charge in [-0.25, -0.2) is 0 Å². The summed E-state index contributed by atoms with van der Waals surface area (Å²) in [6.07, 6.45) is 4.50. The molecule has 0 atom stereocenters. The monoisotopic (exact) mass is 191 g/mol. The molecule has 0 unspecified atom stereocenters. The van der Waals surface area contributed by atoms with Gasteiger partial charge in [0.05, 0.1) is 6.61 Å². The Morgan fingerprint density at radius 2 is 2.21 bits per heavy atom. The van der Waals surface area contributed by atoms with Gasteiger partial charge in [-0.1, -0.05) is 12.1 Å². The number of fused-ring (bicyclic) bond motifs is 1. The number of nitrogens with two attached hydrogens (primary N) is 1. The van der Waals surface area contributed by atoms with Crippen LogP contribution in [0.15, 0.2) is 18.2 Å². The largest absolute Gasteiger partial charge is 0.493 e. The Bertz CT molecular complexity index is 309. The third kappa shape index (κ3) is 2.07. The highest BCUT2D eigenvalue weighted by molar-refractivity contribution is 5.38. The van der Waals surface area contributed by atoms with E-state index in [1.54, 1.807) is 0 Å². The number of hydrogen-bond acceptors (Lipinski definition) is 2. The number of hydrogen-bond donors (Lipinski definition) is 1. The summed E-state index contributed by atoms with van der Waals surface area (Å²) in [6, 6.07) is 6.50. The molecular formula is C12H17NO. The average molecular weight is 191 g/mol. The van der Waals surface area contributed by atoms with Gasteiger partial charge in [0.25, 0.3) is 0 Å². The summed E-state index contributed by atoms with van der Waals surface area (Å²) in [7, 11) is 0. The number of aryl methyl sites for hydroxylation is 1. The van der Waals surface area contributed by atoms with Gasteiger partial charge in [0.1, 0.15) is 5.75 Å². The van der Waals surface area contributed by atoms with Crippen molar-refractivity contribution in [2.24, 2.45) is 5.73 Å². The molecule has 2 rings (SSSR count). The lowest BCUT2D eigenvalue weighted by Crippen LogP contribution is -2.03. The molecule has 1 aliphatic heterocycles. The molecule has 0 spiro atoms. The van der Waals surface area contributed by atoms with Gasteiger partial charge in [-0.05, 0) is 49.4 Å². The normalized spacial score (nSPS) is 15.5. The van der Waals surface area contributed by atoms with Gasteiger partial charge in [-0.15, -0.1) is 0 Å². The second-order valence-electron chi connectivity index (χ2n) is 3.79. The standard InChI is InChI=1S/C12H17NO/c13-7-6-10-4-5-11-3-1-2-8-14-12(11)9-10/h4-5,9H,1-3,6-8,13H2. The molecule has 0 fully saturated rings. The van der Waals surface area contributed by atoms with E-state index in [0.29, 0.717) is 6.54 Å². The molecule has 2 N–H and O–H groups in total. The van der Waals surface area contributed by atoms with Crippen LogP contribution in [0, 0.1) is 0 Å². The van der Waals surface area contributed by atoms with Gasteiger partial charge in [-0.3, -0.25) is 0 Å². The van der Waals surface area contributed by atoms with Crippen LogP contribution in [0.3, 0.4) is 0 Å². The van der Waals surface area contributed by atoms with E-state index in [9.17, 15) is 0 Å². The molecule has 76 valence electrons. The molecule has 14 heavy (non-hydrogen) atoms. The molecule has 0 saturated carbocycles. The maximum Gasteiger partial charge on any atom is 0.122 e. The summed E-state index contributed by atoms with van der Waals surface area (Å²) < 4.78 is 5.69. The minimum absolute atomic E-state index is 0.707. The molecule has 0 bridgehead atoms. The van der Waals surface area contributed by atoms with Crippen LogP contribution >= 0.6 is 0 Å². The number of ether oxygens (including phenoxy) is 1. The van der Waals surface area contributed by atoms with Gasteiger partial charge in [0.2, 0.25) is 0 Å². The highest BCUT2D eigenvalue weighted by Gasteiger charge is 2.08. The zero-order valence-corrected chi connectivity index (χ0v) is 8.46. The Kier molecular flexibility index (Phi) is 3.04. The SMILES string of the molecule is NCCc1ccc2c(c1)OCCCC2. The number of rotatable bonds is 2. The fraction of sp³-hybridized carbons (Fsp3) is 0.500. The summed E-state index contributed by atoms with van der Waals surface area (Å²) in [5, 5.41) is 0. The molecule has 0 radical (unpaired) electrons. The van der Waals surface area contributed by atoms with E-state index in [-0.39, 0.29) is 0 Å². The second kappa shape index (κ2) is 4.47. The zero-order chi connectivity index (χ0) is 9.80. The van der Waals surface area contributed by atoms with Gasteiger partial charge in [0, 0.05) is 0 Å². The highest BCUT2D eigenvalue weighted by atomic mass is 16.5. The Labute approximate surface area is 85.1 Å². The molecule has 1 aromatic rings. The van der Waals surface area contributed by atoms with Crippen LogP contribution in [-0.2, 0) is 12.8 Å². The predicted molar refractivity (Wildman–Crippen MR) is 57.6 cm³/mol. The van der Waals surface area contributed by atoms with E-state index in [2.05, 4.69) is 18.2 Å². The lowest BCUT2D eigenvalue weighted by Gasteiger charge is -2.08. The first-order valence-corrected chi connectivity index (χ1v) is 5.35. The van der Waals surface area contributed by atoms with Gasteiger partial charge >= 0.3 is 0 Å².